The first-order valence-electron chi connectivity index (χ1n) is 8.89. The zero-order valence-electron chi connectivity index (χ0n) is 15.6. The Morgan fingerprint density at radius 1 is 1.44 bits per heavy atom. The van der Waals surface area contributed by atoms with E-state index in [-0.39, 0.29) is 12.6 Å². The summed E-state index contributed by atoms with van der Waals surface area (Å²) in [4.78, 5) is 14.5. The van der Waals surface area contributed by atoms with Crippen molar-refractivity contribution in [2.24, 2.45) is 0 Å². The molecule has 0 saturated carbocycles. The lowest BCUT2D eigenvalue weighted by molar-refractivity contribution is -0.0664. The molecule has 25 heavy (non-hydrogen) atoms. The lowest BCUT2D eigenvalue weighted by Crippen LogP contribution is -2.59. The summed E-state index contributed by atoms with van der Waals surface area (Å²) in [5.74, 6) is 0.0576. The third-order valence-corrected chi connectivity index (χ3v) is 4.54. The normalized spacial score (nSPS) is 19.6. The Morgan fingerprint density at radius 2 is 2.20 bits per heavy atom. The number of hydrogen-bond acceptors (Lipinski definition) is 3. The molecule has 2 amide bonds. The molecule has 1 aliphatic rings. The summed E-state index contributed by atoms with van der Waals surface area (Å²) in [5, 5.41) is 2.97. The number of methoxy groups -OCH3 is 1. The van der Waals surface area contributed by atoms with Gasteiger partial charge in [0.1, 0.15) is 11.6 Å². The Morgan fingerprint density at radius 3 is 2.84 bits per heavy atom. The molecule has 0 aliphatic carbocycles. The van der Waals surface area contributed by atoms with Crippen LogP contribution in [0.3, 0.4) is 0 Å². The zero-order chi connectivity index (χ0) is 18.4. The number of carbonyl (C=O) groups is 1. The second kappa shape index (κ2) is 8.52. The molecule has 1 fully saturated rings. The van der Waals surface area contributed by atoms with Crippen LogP contribution in [0.25, 0.3) is 0 Å². The molecule has 1 aromatic carbocycles. The Kier molecular flexibility index (Phi) is 6.64. The molecule has 6 heteroatoms. The number of carbonyl (C=O) groups excluding carboxylic acids is 1. The highest BCUT2D eigenvalue weighted by Gasteiger charge is 2.42. The number of hydrogen-bond donors (Lipinski definition) is 1. The van der Waals surface area contributed by atoms with E-state index in [1.165, 1.54) is 13.2 Å². The van der Waals surface area contributed by atoms with Crippen molar-refractivity contribution in [3.8, 4) is 5.75 Å². The molecular weight excluding hydrogens is 323 g/mol. The van der Waals surface area contributed by atoms with E-state index in [1.54, 1.807) is 17.0 Å². The molecule has 140 valence electrons. The number of urea groups is 1. The van der Waals surface area contributed by atoms with Crippen LogP contribution in [0.1, 0.15) is 51.6 Å². The summed E-state index contributed by atoms with van der Waals surface area (Å²) in [6.07, 6.45) is 3.11. The third kappa shape index (κ3) is 4.63. The van der Waals surface area contributed by atoms with Gasteiger partial charge in [-0.25, -0.2) is 9.18 Å². The van der Waals surface area contributed by atoms with Crippen molar-refractivity contribution in [2.45, 2.75) is 51.6 Å². The standard InChI is InChI=1S/C19H29FN2O3/c1-5-6-7-10-21-18(23)22-17(12-25-13-19(22,2)3)15-9-8-14(24-4)11-16(15)20/h8-9,11,17H,5-7,10,12-13H2,1-4H3,(H,21,23). The number of rotatable bonds is 6. The first kappa shape index (κ1) is 19.5. The van der Waals surface area contributed by atoms with Crippen LogP contribution >= 0.6 is 0 Å². The fourth-order valence-corrected chi connectivity index (χ4v) is 3.19. The monoisotopic (exact) mass is 352 g/mol. The molecule has 1 heterocycles. The van der Waals surface area contributed by atoms with Gasteiger partial charge in [-0.05, 0) is 26.3 Å². The fourth-order valence-electron chi connectivity index (χ4n) is 3.19. The number of nitrogens with zero attached hydrogens (tertiary/aromatic N) is 1. The van der Waals surface area contributed by atoms with Crippen LogP contribution in [0.5, 0.6) is 5.75 Å². The summed E-state index contributed by atoms with van der Waals surface area (Å²) >= 11 is 0. The van der Waals surface area contributed by atoms with Crippen LogP contribution in [0.4, 0.5) is 9.18 Å². The number of nitrogens with one attached hydrogen (secondary N) is 1. The van der Waals surface area contributed by atoms with Gasteiger partial charge in [-0.3, -0.25) is 0 Å². The van der Waals surface area contributed by atoms with Crippen molar-refractivity contribution in [1.29, 1.82) is 0 Å². The van der Waals surface area contributed by atoms with Crippen LogP contribution in [-0.2, 0) is 4.74 Å². The van der Waals surface area contributed by atoms with Crippen molar-refractivity contribution >= 4 is 6.03 Å². The van der Waals surface area contributed by atoms with Gasteiger partial charge in [0, 0.05) is 18.2 Å². The minimum Gasteiger partial charge on any atom is -0.497 e. The van der Waals surface area contributed by atoms with Crippen LogP contribution in [-0.4, -0.2) is 43.3 Å². The summed E-state index contributed by atoms with van der Waals surface area (Å²) in [6, 6.07) is 4.07. The summed E-state index contributed by atoms with van der Waals surface area (Å²) in [5.41, 5.74) is -0.0818. The van der Waals surface area contributed by atoms with Gasteiger partial charge in [-0.15, -0.1) is 0 Å². The Hall–Kier alpha value is -1.82. The van der Waals surface area contributed by atoms with Gasteiger partial charge in [0.15, 0.2) is 0 Å². The van der Waals surface area contributed by atoms with Gasteiger partial charge >= 0.3 is 6.03 Å². The molecule has 1 N–H and O–H groups in total. The van der Waals surface area contributed by atoms with Gasteiger partial charge in [-0.1, -0.05) is 25.8 Å². The predicted molar refractivity (Wildman–Crippen MR) is 95.4 cm³/mol. The molecule has 0 aromatic heterocycles. The van der Waals surface area contributed by atoms with Crippen LogP contribution < -0.4 is 10.1 Å². The van der Waals surface area contributed by atoms with E-state index in [9.17, 15) is 9.18 Å². The quantitative estimate of drug-likeness (QED) is 0.790. The maximum Gasteiger partial charge on any atom is 0.318 e. The maximum atomic E-state index is 14.6. The molecule has 0 radical (unpaired) electrons. The molecule has 0 spiro atoms. The number of amides is 2. The topological polar surface area (TPSA) is 50.8 Å². The van der Waals surface area contributed by atoms with Gasteiger partial charge in [0.2, 0.25) is 0 Å². The van der Waals surface area contributed by atoms with Crippen molar-refractivity contribution in [1.82, 2.24) is 10.2 Å². The highest BCUT2D eigenvalue weighted by Crippen LogP contribution is 2.35. The Balaban J connectivity index is 2.23. The zero-order valence-corrected chi connectivity index (χ0v) is 15.6. The molecule has 2 rings (SSSR count). The minimum atomic E-state index is -0.524. The van der Waals surface area contributed by atoms with Gasteiger partial charge in [0.25, 0.3) is 0 Å². The molecule has 1 saturated heterocycles. The lowest BCUT2D eigenvalue weighted by Gasteiger charge is -2.47. The van der Waals surface area contributed by atoms with E-state index in [4.69, 9.17) is 9.47 Å². The summed E-state index contributed by atoms with van der Waals surface area (Å²) in [6.45, 7) is 7.31. The fraction of sp³-hybridized carbons (Fsp3) is 0.632. The van der Waals surface area contributed by atoms with Crippen molar-refractivity contribution in [3.63, 3.8) is 0 Å². The highest BCUT2D eigenvalue weighted by molar-refractivity contribution is 5.76. The largest absolute Gasteiger partial charge is 0.497 e. The van der Waals surface area contributed by atoms with E-state index in [0.29, 0.717) is 24.5 Å². The minimum absolute atomic E-state index is 0.176. The SMILES string of the molecule is CCCCCNC(=O)N1C(c2ccc(OC)cc2F)COCC1(C)C. The van der Waals surface area contributed by atoms with Crippen LogP contribution in [0.2, 0.25) is 0 Å². The van der Waals surface area contributed by atoms with Gasteiger partial charge < -0.3 is 19.7 Å². The van der Waals surface area contributed by atoms with Gasteiger partial charge in [-0.2, -0.15) is 0 Å². The van der Waals surface area contributed by atoms with E-state index < -0.39 is 17.4 Å². The smallest absolute Gasteiger partial charge is 0.318 e. The van der Waals surface area contributed by atoms with E-state index in [2.05, 4.69) is 12.2 Å². The summed E-state index contributed by atoms with van der Waals surface area (Å²) < 4.78 is 25.3. The lowest BCUT2D eigenvalue weighted by atomic mass is 9.95. The maximum absolute atomic E-state index is 14.6. The molecule has 1 aromatic rings. The molecule has 0 bridgehead atoms. The first-order valence-corrected chi connectivity index (χ1v) is 8.89. The predicted octanol–water partition coefficient (Wildman–Crippen LogP) is 3.89. The second-order valence-electron chi connectivity index (χ2n) is 7.04. The molecule has 1 aliphatic heterocycles. The second-order valence-corrected chi connectivity index (χ2v) is 7.04. The molecule has 1 unspecified atom stereocenters. The first-order chi connectivity index (χ1) is 11.9. The van der Waals surface area contributed by atoms with E-state index in [0.717, 1.165) is 19.3 Å². The average molecular weight is 352 g/mol. The number of benzene rings is 1. The number of unbranched alkanes of at least 4 members (excludes halogenated alkanes) is 2. The highest BCUT2D eigenvalue weighted by atomic mass is 19.1. The summed E-state index contributed by atoms with van der Waals surface area (Å²) in [7, 11) is 1.50. The Labute approximate surface area is 149 Å². The Bertz CT molecular complexity index is 592. The number of halogens is 1. The molecule has 5 nitrogen and oxygen atoms in total. The molecular formula is C19H29FN2O3. The van der Waals surface area contributed by atoms with E-state index in [1.807, 2.05) is 13.8 Å². The van der Waals surface area contributed by atoms with Gasteiger partial charge in [0.05, 0.1) is 31.9 Å². The van der Waals surface area contributed by atoms with Crippen molar-refractivity contribution in [3.05, 3.63) is 29.6 Å². The third-order valence-electron chi connectivity index (χ3n) is 4.54. The average Bonchev–Trinajstić information content (AvgIpc) is 2.57. The van der Waals surface area contributed by atoms with Crippen molar-refractivity contribution < 1.29 is 18.7 Å². The molecule has 1 atom stereocenters. The number of ether oxygens (including phenoxy) is 2. The van der Waals surface area contributed by atoms with Crippen LogP contribution in [0, 0.1) is 5.82 Å². The van der Waals surface area contributed by atoms with E-state index >= 15 is 0 Å². The van der Waals surface area contributed by atoms with Crippen LogP contribution in [0.15, 0.2) is 18.2 Å². The van der Waals surface area contributed by atoms with Crippen molar-refractivity contribution in [2.75, 3.05) is 26.9 Å². The number of morpholine rings is 1.